The second-order valence-electron chi connectivity index (χ2n) is 3.86. The molecular formula is C13H9FN4O. The fraction of sp³-hybridized carbons (Fsp3) is 0.0769. The van der Waals surface area contributed by atoms with Crippen LogP contribution in [0.4, 0.5) is 4.39 Å². The smallest absolute Gasteiger partial charge is 0.234 e. The highest BCUT2D eigenvalue weighted by atomic mass is 19.1. The number of rotatable bonds is 3. The minimum atomic E-state index is -0.301. The van der Waals surface area contributed by atoms with Crippen molar-refractivity contribution in [1.29, 1.82) is 0 Å². The van der Waals surface area contributed by atoms with Crippen LogP contribution in [-0.4, -0.2) is 20.1 Å². The van der Waals surface area contributed by atoms with Gasteiger partial charge in [-0.25, -0.2) is 14.4 Å². The van der Waals surface area contributed by atoms with Crippen molar-refractivity contribution in [2.75, 3.05) is 0 Å². The van der Waals surface area contributed by atoms with Crippen LogP contribution >= 0.6 is 0 Å². The fourth-order valence-corrected chi connectivity index (χ4v) is 1.60. The Morgan fingerprint density at radius 3 is 2.53 bits per heavy atom. The summed E-state index contributed by atoms with van der Waals surface area (Å²) in [4.78, 5) is 12.4. The van der Waals surface area contributed by atoms with E-state index in [-0.39, 0.29) is 5.82 Å². The van der Waals surface area contributed by atoms with Gasteiger partial charge < -0.3 is 4.52 Å². The summed E-state index contributed by atoms with van der Waals surface area (Å²) >= 11 is 0. The van der Waals surface area contributed by atoms with Gasteiger partial charge in [-0.3, -0.25) is 0 Å². The van der Waals surface area contributed by atoms with Gasteiger partial charge in [0.2, 0.25) is 11.7 Å². The van der Waals surface area contributed by atoms with E-state index >= 15 is 0 Å². The highest BCUT2D eigenvalue weighted by Gasteiger charge is 2.10. The molecular weight excluding hydrogens is 247 g/mol. The Bertz CT molecular complexity index is 667. The predicted molar refractivity (Wildman–Crippen MR) is 64.5 cm³/mol. The average Bonchev–Trinajstić information content (AvgIpc) is 2.89. The largest absolute Gasteiger partial charge is 0.338 e. The zero-order chi connectivity index (χ0) is 13.1. The summed E-state index contributed by atoms with van der Waals surface area (Å²) in [6.07, 6.45) is 3.67. The van der Waals surface area contributed by atoms with E-state index in [4.69, 9.17) is 4.52 Å². The molecule has 0 spiro atoms. The summed E-state index contributed by atoms with van der Waals surface area (Å²) in [7, 11) is 0. The zero-order valence-corrected chi connectivity index (χ0v) is 9.82. The Morgan fingerprint density at radius 1 is 1.05 bits per heavy atom. The van der Waals surface area contributed by atoms with Crippen LogP contribution in [0.5, 0.6) is 0 Å². The van der Waals surface area contributed by atoms with Crippen molar-refractivity contribution >= 4 is 0 Å². The van der Waals surface area contributed by atoms with Crippen LogP contribution in [0.2, 0.25) is 0 Å². The Balaban J connectivity index is 1.82. The number of halogens is 1. The van der Waals surface area contributed by atoms with E-state index in [1.54, 1.807) is 30.6 Å². The minimum absolute atomic E-state index is 0.301. The maximum atomic E-state index is 12.8. The van der Waals surface area contributed by atoms with E-state index in [0.717, 1.165) is 0 Å². The summed E-state index contributed by atoms with van der Waals surface area (Å²) in [5.74, 6) is 1.15. The number of nitrogens with zero attached hydrogens (tertiary/aromatic N) is 4. The maximum Gasteiger partial charge on any atom is 0.234 e. The van der Waals surface area contributed by atoms with Crippen molar-refractivity contribution in [2.24, 2.45) is 0 Å². The molecule has 0 unspecified atom stereocenters. The van der Waals surface area contributed by atoms with Gasteiger partial charge in [-0.1, -0.05) is 5.16 Å². The first kappa shape index (κ1) is 11.5. The molecule has 0 aliphatic heterocycles. The number of hydrogen-bond acceptors (Lipinski definition) is 5. The quantitative estimate of drug-likeness (QED) is 0.719. The minimum Gasteiger partial charge on any atom is -0.338 e. The highest BCUT2D eigenvalue weighted by molar-refractivity contribution is 5.53. The molecule has 0 radical (unpaired) electrons. The van der Waals surface area contributed by atoms with Crippen molar-refractivity contribution < 1.29 is 8.91 Å². The Kier molecular flexibility index (Phi) is 2.97. The van der Waals surface area contributed by atoms with Gasteiger partial charge in [0.25, 0.3) is 0 Å². The van der Waals surface area contributed by atoms with Crippen LogP contribution in [0.3, 0.4) is 0 Å². The standard InChI is InChI=1S/C13H9FN4O/c14-10-4-2-9(3-5-10)13-17-12(19-18-13)8-11-15-6-1-7-16-11/h1-7H,8H2. The van der Waals surface area contributed by atoms with Gasteiger partial charge in [-0.15, -0.1) is 0 Å². The van der Waals surface area contributed by atoms with Gasteiger partial charge >= 0.3 is 0 Å². The summed E-state index contributed by atoms with van der Waals surface area (Å²) in [5, 5.41) is 3.85. The number of aromatic nitrogens is 4. The van der Waals surface area contributed by atoms with E-state index in [0.29, 0.717) is 29.5 Å². The summed E-state index contributed by atoms with van der Waals surface area (Å²) in [5.41, 5.74) is 0.699. The molecule has 6 heteroatoms. The second-order valence-corrected chi connectivity index (χ2v) is 3.86. The molecule has 0 bridgehead atoms. The van der Waals surface area contributed by atoms with Crippen molar-refractivity contribution in [2.45, 2.75) is 6.42 Å². The van der Waals surface area contributed by atoms with E-state index < -0.39 is 0 Å². The third kappa shape index (κ3) is 2.62. The molecule has 94 valence electrons. The molecule has 0 atom stereocenters. The lowest BCUT2D eigenvalue weighted by molar-refractivity contribution is 0.384. The molecule has 2 aromatic heterocycles. The Morgan fingerprint density at radius 2 is 1.79 bits per heavy atom. The molecule has 0 saturated heterocycles. The monoisotopic (exact) mass is 256 g/mol. The molecule has 0 aliphatic carbocycles. The molecule has 5 nitrogen and oxygen atoms in total. The van der Waals surface area contributed by atoms with Gasteiger partial charge in [0, 0.05) is 18.0 Å². The van der Waals surface area contributed by atoms with Gasteiger partial charge in [-0.2, -0.15) is 4.98 Å². The molecule has 0 amide bonds. The van der Waals surface area contributed by atoms with Crippen LogP contribution < -0.4 is 0 Å². The first-order valence-corrected chi connectivity index (χ1v) is 5.66. The fourth-order valence-electron chi connectivity index (χ4n) is 1.60. The summed E-state index contributed by atoms with van der Waals surface area (Å²) in [6, 6.07) is 7.64. The summed E-state index contributed by atoms with van der Waals surface area (Å²) in [6.45, 7) is 0. The van der Waals surface area contributed by atoms with Crippen LogP contribution in [0.1, 0.15) is 11.7 Å². The molecule has 2 heterocycles. The Hall–Kier alpha value is -2.63. The summed E-state index contributed by atoms with van der Waals surface area (Å²) < 4.78 is 17.9. The predicted octanol–water partition coefficient (Wildman–Crippen LogP) is 2.26. The first-order valence-electron chi connectivity index (χ1n) is 5.66. The van der Waals surface area contributed by atoms with Crippen molar-refractivity contribution in [3.8, 4) is 11.4 Å². The van der Waals surface area contributed by atoms with Crippen LogP contribution in [0.25, 0.3) is 11.4 Å². The molecule has 0 aliphatic rings. The van der Waals surface area contributed by atoms with E-state index in [1.807, 2.05) is 0 Å². The SMILES string of the molecule is Fc1ccc(-c2noc(Cc3ncccn3)n2)cc1. The molecule has 3 rings (SSSR count). The van der Waals surface area contributed by atoms with Gasteiger partial charge in [0.1, 0.15) is 11.6 Å². The van der Waals surface area contributed by atoms with E-state index in [9.17, 15) is 4.39 Å². The van der Waals surface area contributed by atoms with E-state index in [2.05, 4.69) is 20.1 Å². The third-order valence-corrected chi connectivity index (χ3v) is 2.50. The van der Waals surface area contributed by atoms with Crippen LogP contribution in [-0.2, 0) is 6.42 Å². The van der Waals surface area contributed by atoms with E-state index in [1.165, 1.54) is 12.1 Å². The molecule has 0 N–H and O–H groups in total. The lowest BCUT2D eigenvalue weighted by Gasteiger charge is -1.93. The van der Waals surface area contributed by atoms with Crippen molar-refractivity contribution in [1.82, 2.24) is 20.1 Å². The maximum absolute atomic E-state index is 12.8. The van der Waals surface area contributed by atoms with Crippen molar-refractivity contribution in [3.05, 3.63) is 60.3 Å². The normalized spacial score (nSPS) is 10.6. The molecule has 3 aromatic rings. The third-order valence-electron chi connectivity index (χ3n) is 2.50. The van der Waals surface area contributed by atoms with Gasteiger partial charge in [0.05, 0.1) is 6.42 Å². The Labute approximate surface area is 108 Å². The highest BCUT2D eigenvalue weighted by Crippen LogP contribution is 2.16. The van der Waals surface area contributed by atoms with Crippen molar-refractivity contribution in [3.63, 3.8) is 0 Å². The number of hydrogen-bond donors (Lipinski definition) is 0. The van der Waals surface area contributed by atoms with Crippen LogP contribution in [0, 0.1) is 5.82 Å². The zero-order valence-electron chi connectivity index (χ0n) is 9.82. The van der Waals surface area contributed by atoms with Gasteiger partial charge in [0.15, 0.2) is 0 Å². The first-order chi connectivity index (χ1) is 9.31. The van der Waals surface area contributed by atoms with Gasteiger partial charge in [-0.05, 0) is 30.3 Å². The molecule has 1 aromatic carbocycles. The topological polar surface area (TPSA) is 64.7 Å². The molecule has 0 fully saturated rings. The average molecular weight is 256 g/mol. The second kappa shape index (κ2) is 4.93. The lowest BCUT2D eigenvalue weighted by Crippen LogP contribution is -1.95. The lowest BCUT2D eigenvalue weighted by atomic mass is 10.2. The molecule has 0 saturated carbocycles. The van der Waals surface area contributed by atoms with Crippen LogP contribution in [0.15, 0.2) is 47.2 Å². The number of benzene rings is 1. The molecule has 19 heavy (non-hydrogen) atoms.